The molecule has 0 radical (unpaired) electrons. The van der Waals surface area contributed by atoms with Crippen molar-refractivity contribution in [3.05, 3.63) is 64.7 Å². The van der Waals surface area contributed by atoms with Crippen LogP contribution < -0.4 is 20.5 Å². The van der Waals surface area contributed by atoms with Crippen LogP contribution in [-0.2, 0) is 16.6 Å². The van der Waals surface area contributed by atoms with Gasteiger partial charge in [-0.1, -0.05) is 6.07 Å². The molecule has 1 unspecified atom stereocenters. The first-order valence-corrected chi connectivity index (χ1v) is 10.00. The van der Waals surface area contributed by atoms with Crippen LogP contribution in [0.3, 0.4) is 0 Å². The summed E-state index contributed by atoms with van der Waals surface area (Å²) in [5.74, 6) is 1.05. The number of aromatic nitrogens is 3. The van der Waals surface area contributed by atoms with Gasteiger partial charge in [0.05, 0.1) is 24.5 Å². The van der Waals surface area contributed by atoms with E-state index in [-0.39, 0.29) is 24.2 Å². The number of ether oxygens (including phenoxy) is 2. The number of carbonyl (C=O) groups excluding carboxylic acids is 1. The minimum absolute atomic E-state index is 0.0214. The van der Waals surface area contributed by atoms with Gasteiger partial charge in [-0.3, -0.25) is 19.1 Å². The maximum absolute atomic E-state index is 12.6. The smallest absolute Gasteiger partial charge is 0.262 e. The van der Waals surface area contributed by atoms with Crippen molar-refractivity contribution in [1.82, 2.24) is 14.5 Å². The SMILES string of the molecule is Cn1c(N2CCOC(c3ccc4c(c3)NC(=O)CO4)C2)nc(-c2ccncc2)cc1=O. The zero-order chi connectivity index (χ0) is 21.4. The highest BCUT2D eigenvalue weighted by Gasteiger charge is 2.27. The monoisotopic (exact) mass is 419 g/mol. The first-order valence-electron chi connectivity index (χ1n) is 10.00. The van der Waals surface area contributed by atoms with Crippen LogP contribution in [0.4, 0.5) is 11.6 Å². The lowest BCUT2D eigenvalue weighted by atomic mass is 10.1. The second-order valence-corrected chi connectivity index (χ2v) is 7.47. The number of fused-ring (bicyclic) bond motifs is 1. The Morgan fingerprint density at radius 3 is 2.81 bits per heavy atom. The Morgan fingerprint density at radius 2 is 1.97 bits per heavy atom. The van der Waals surface area contributed by atoms with E-state index in [2.05, 4.69) is 15.2 Å². The molecule has 2 aliphatic heterocycles. The van der Waals surface area contributed by atoms with Crippen LogP contribution in [0.5, 0.6) is 5.75 Å². The zero-order valence-electron chi connectivity index (χ0n) is 16.9. The van der Waals surface area contributed by atoms with Crippen molar-refractivity contribution in [2.45, 2.75) is 6.10 Å². The Labute approximate surface area is 178 Å². The molecule has 1 saturated heterocycles. The van der Waals surface area contributed by atoms with Gasteiger partial charge in [-0.15, -0.1) is 0 Å². The van der Waals surface area contributed by atoms with Crippen molar-refractivity contribution in [3.8, 4) is 17.0 Å². The third-order valence-corrected chi connectivity index (χ3v) is 5.44. The van der Waals surface area contributed by atoms with Crippen LogP contribution in [-0.4, -0.2) is 46.7 Å². The summed E-state index contributed by atoms with van der Waals surface area (Å²) in [6.07, 6.45) is 3.12. The summed E-state index contributed by atoms with van der Waals surface area (Å²) >= 11 is 0. The number of hydrogen-bond acceptors (Lipinski definition) is 7. The normalized spacial score (nSPS) is 18.2. The predicted molar refractivity (Wildman–Crippen MR) is 114 cm³/mol. The molecule has 31 heavy (non-hydrogen) atoms. The van der Waals surface area contributed by atoms with Gasteiger partial charge < -0.3 is 19.7 Å². The molecule has 9 heteroatoms. The highest BCUT2D eigenvalue weighted by molar-refractivity contribution is 5.95. The van der Waals surface area contributed by atoms with Crippen molar-refractivity contribution >= 4 is 17.5 Å². The number of hydrogen-bond donors (Lipinski definition) is 1. The van der Waals surface area contributed by atoms with E-state index in [1.807, 2.05) is 30.3 Å². The largest absolute Gasteiger partial charge is 0.482 e. The summed E-state index contributed by atoms with van der Waals surface area (Å²) in [4.78, 5) is 35.1. The number of morpholine rings is 1. The Bertz CT molecular complexity index is 1190. The maximum atomic E-state index is 12.6. The summed E-state index contributed by atoms with van der Waals surface area (Å²) in [7, 11) is 1.72. The number of nitrogens with zero attached hydrogens (tertiary/aromatic N) is 4. The van der Waals surface area contributed by atoms with Crippen molar-refractivity contribution in [2.24, 2.45) is 7.05 Å². The van der Waals surface area contributed by atoms with Crippen LogP contribution in [0.25, 0.3) is 11.3 Å². The van der Waals surface area contributed by atoms with Gasteiger partial charge >= 0.3 is 0 Å². The van der Waals surface area contributed by atoms with Gasteiger partial charge in [0.1, 0.15) is 11.9 Å². The minimum Gasteiger partial charge on any atom is -0.482 e. The Balaban J connectivity index is 1.45. The number of anilines is 2. The fourth-order valence-corrected chi connectivity index (χ4v) is 3.81. The minimum atomic E-state index is -0.237. The summed E-state index contributed by atoms with van der Waals surface area (Å²) in [5.41, 5.74) is 2.87. The lowest BCUT2D eigenvalue weighted by Crippen LogP contribution is -2.41. The van der Waals surface area contributed by atoms with Crippen molar-refractivity contribution in [3.63, 3.8) is 0 Å². The van der Waals surface area contributed by atoms with Crippen molar-refractivity contribution < 1.29 is 14.3 Å². The van der Waals surface area contributed by atoms with Gasteiger partial charge in [-0.2, -0.15) is 0 Å². The number of amides is 1. The molecule has 1 atom stereocenters. The second kappa shape index (κ2) is 7.84. The number of carbonyl (C=O) groups is 1. The predicted octanol–water partition coefficient (Wildman–Crippen LogP) is 1.75. The number of nitrogens with one attached hydrogen (secondary N) is 1. The molecular weight excluding hydrogens is 398 g/mol. The molecule has 2 aromatic heterocycles. The van der Waals surface area contributed by atoms with Crippen LogP contribution in [0.2, 0.25) is 0 Å². The van der Waals surface area contributed by atoms with E-state index in [4.69, 9.17) is 14.5 Å². The fourth-order valence-electron chi connectivity index (χ4n) is 3.81. The molecule has 2 aliphatic rings. The highest BCUT2D eigenvalue weighted by Crippen LogP contribution is 2.33. The quantitative estimate of drug-likeness (QED) is 0.691. The van der Waals surface area contributed by atoms with Crippen LogP contribution in [0, 0.1) is 0 Å². The van der Waals surface area contributed by atoms with E-state index < -0.39 is 0 Å². The van der Waals surface area contributed by atoms with Crippen LogP contribution in [0.1, 0.15) is 11.7 Å². The van der Waals surface area contributed by atoms with E-state index in [9.17, 15) is 9.59 Å². The van der Waals surface area contributed by atoms with Crippen LogP contribution >= 0.6 is 0 Å². The molecule has 9 nitrogen and oxygen atoms in total. The number of pyridine rings is 1. The molecule has 5 rings (SSSR count). The molecular formula is C22H21N5O4. The second-order valence-electron chi connectivity index (χ2n) is 7.47. The van der Waals surface area contributed by atoms with Gasteiger partial charge in [0.2, 0.25) is 5.95 Å². The Morgan fingerprint density at radius 1 is 1.13 bits per heavy atom. The summed E-state index contributed by atoms with van der Waals surface area (Å²) < 4.78 is 13.0. The average molecular weight is 419 g/mol. The third kappa shape index (κ3) is 3.75. The Hall–Kier alpha value is -3.72. The van der Waals surface area contributed by atoms with E-state index in [1.165, 1.54) is 6.07 Å². The third-order valence-electron chi connectivity index (χ3n) is 5.44. The van der Waals surface area contributed by atoms with Gasteiger partial charge in [0.25, 0.3) is 11.5 Å². The molecule has 1 fully saturated rings. The van der Waals surface area contributed by atoms with Crippen molar-refractivity contribution in [2.75, 3.05) is 36.5 Å². The molecule has 0 saturated carbocycles. The molecule has 4 heterocycles. The summed E-state index contributed by atoms with van der Waals surface area (Å²) in [6, 6.07) is 10.8. The molecule has 3 aromatic rings. The lowest BCUT2D eigenvalue weighted by Gasteiger charge is -2.35. The molecule has 0 spiro atoms. The topological polar surface area (TPSA) is 98.6 Å². The van der Waals surface area contributed by atoms with Gasteiger partial charge in [-0.05, 0) is 29.8 Å². The van der Waals surface area contributed by atoms with E-state index in [1.54, 1.807) is 24.0 Å². The molecule has 158 valence electrons. The zero-order valence-corrected chi connectivity index (χ0v) is 16.9. The maximum Gasteiger partial charge on any atom is 0.262 e. The van der Waals surface area contributed by atoms with E-state index in [0.717, 1.165) is 11.1 Å². The van der Waals surface area contributed by atoms with E-state index in [0.29, 0.717) is 42.8 Å². The fraction of sp³-hybridized carbons (Fsp3) is 0.273. The van der Waals surface area contributed by atoms with Crippen LogP contribution in [0.15, 0.2) is 53.6 Å². The van der Waals surface area contributed by atoms with E-state index >= 15 is 0 Å². The molecule has 1 N–H and O–H groups in total. The number of rotatable bonds is 3. The van der Waals surface area contributed by atoms with Gasteiger partial charge in [-0.25, -0.2) is 4.98 Å². The Kier molecular flexibility index (Phi) is 4.87. The van der Waals surface area contributed by atoms with Crippen molar-refractivity contribution in [1.29, 1.82) is 0 Å². The summed E-state index contributed by atoms with van der Waals surface area (Å²) in [6.45, 7) is 1.64. The molecule has 0 bridgehead atoms. The molecule has 1 aromatic carbocycles. The lowest BCUT2D eigenvalue weighted by molar-refractivity contribution is -0.118. The van der Waals surface area contributed by atoms with Gasteiger partial charge in [0, 0.05) is 37.6 Å². The molecule has 0 aliphatic carbocycles. The summed E-state index contributed by atoms with van der Waals surface area (Å²) in [5, 5.41) is 2.83. The molecule has 1 amide bonds. The first kappa shape index (κ1) is 19.3. The number of benzene rings is 1. The average Bonchev–Trinajstić information content (AvgIpc) is 2.81. The standard InChI is InChI=1S/C22H21N5O4/c1-26-21(29)11-16(14-4-6-23-7-5-14)25-22(26)27-8-9-30-19(12-27)15-2-3-18-17(10-15)24-20(28)13-31-18/h2-7,10-11,19H,8-9,12-13H2,1H3,(H,24,28). The van der Waals surface area contributed by atoms with Gasteiger partial charge in [0.15, 0.2) is 6.61 Å². The highest BCUT2D eigenvalue weighted by atomic mass is 16.5. The first-order chi connectivity index (χ1) is 15.1.